The molecule has 0 aromatic heterocycles. The third-order valence-electron chi connectivity index (χ3n) is 4.29. The van der Waals surface area contributed by atoms with Gasteiger partial charge in [0.25, 0.3) is 5.91 Å². The highest BCUT2D eigenvalue weighted by Gasteiger charge is 2.27. The van der Waals surface area contributed by atoms with Gasteiger partial charge in [0.05, 0.1) is 0 Å². The van der Waals surface area contributed by atoms with Gasteiger partial charge in [-0.15, -0.1) is 0 Å². The molecule has 1 N–H and O–H groups in total. The highest BCUT2D eigenvalue weighted by atomic mass is 35.5. The predicted octanol–water partition coefficient (Wildman–Crippen LogP) is 4.45. The van der Waals surface area contributed by atoms with E-state index in [1.807, 2.05) is 6.92 Å². The lowest BCUT2D eigenvalue weighted by Crippen LogP contribution is -2.49. The van der Waals surface area contributed by atoms with Gasteiger partial charge in [0.1, 0.15) is 6.04 Å². The van der Waals surface area contributed by atoms with Crippen LogP contribution in [-0.2, 0) is 16.1 Å². The first-order valence-electron chi connectivity index (χ1n) is 9.22. The van der Waals surface area contributed by atoms with Crippen molar-refractivity contribution in [2.45, 2.75) is 32.9 Å². The Labute approximate surface area is 179 Å². The summed E-state index contributed by atoms with van der Waals surface area (Å²) >= 11 is 12.5. The van der Waals surface area contributed by atoms with Crippen molar-refractivity contribution in [1.82, 2.24) is 10.2 Å². The fraction of sp³-hybridized carbons (Fsp3) is 0.333. The molecule has 2 aromatic rings. The zero-order valence-electron chi connectivity index (χ0n) is 16.3. The lowest BCUT2D eigenvalue weighted by Gasteiger charge is -2.29. The molecule has 0 saturated heterocycles. The van der Waals surface area contributed by atoms with Gasteiger partial charge in [-0.1, -0.05) is 48.3 Å². The number of para-hydroxylation sites is 1. The van der Waals surface area contributed by atoms with Crippen molar-refractivity contribution < 1.29 is 18.7 Å². The normalized spacial score (nSPS) is 11.6. The van der Waals surface area contributed by atoms with E-state index in [-0.39, 0.29) is 18.2 Å². The van der Waals surface area contributed by atoms with Gasteiger partial charge in [-0.05, 0) is 37.6 Å². The van der Waals surface area contributed by atoms with Crippen LogP contribution in [0.5, 0.6) is 5.75 Å². The average Bonchev–Trinajstić information content (AvgIpc) is 2.70. The largest absolute Gasteiger partial charge is 0.481 e. The number of carbonyl (C=O) groups is 2. The van der Waals surface area contributed by atoms with Gasteiger partial charge in [0, 0.05) is 28.7 Å². The summed E-state index contributed by atoms with van der Waals surface area (Å²) in [6, 6.07) is 9.99. The highest BCUT2D eigenvalue weighted by molar-refractivity contribution is 6.36. The maximum Gasteiger partial charge on any atom is 0.261 e. The molecular formula is C21H23Cl2FN2O3. The van der Waals surface area contributed by atoms with Gasteiger partial charge in [0.2, 0.25) is 5.91 Å². The smallest absolute Gasteiger partial charge is 0.261 e. The number of hydrogen-bond acceptors (Lipinski definition) is 3. The third kappa shape index (κ3) is 6.34. The molecule has 5 nitrogen and oxygen atoms in total. The first kappa shape index (κ1) is 23.0. The summed E-state index contributed by atoms with van der Waals surface area (Å²) in [5.41, 5.74) is 0.519. The van der Waals surface area contributed by atoms with E-state index in [0.717, 1.165) is 6.42 Å². The van der Waals surface area contributed by atoms with Crippen LogP contribution in [0.2, 0.25) is 10.0 Å². The van der Waals surface area contributed by atoms with E-state index in [1.165, 1.54) is 23.1 Å². The Morgan fingerprint density at radius 1 is 1.14 bits per heavy atom. The second-order valence-corrected chi connectivity index (χ2v) is 7.22. The van der Waals surface area contributed by atoms with Crippen molar-refractivity contribution in [3.63, 3.8) is 0 Å². The van der Waals surface area contributed by atoms with Gasteiger partial charge in [0.15, 0.2) is 18.2 Å². The number of halogens is 3. The number of rotatable bonds is 9. The average molecular weight is 441 g/mol. The molecule has 0 fully saturated rings. The summed E-state index contributed by atoms with van der Waals surface area (Å²) in [7, 11) is 0. The number of ether oxygens (including phenoxy) is 1. The number of nitrogens with zero attached hydrogens (tertiary/aromatic N) is 1. The Morgan fingerprint density at radius 2 is 1.79 bits per heavy atom. The predicted molar refractivity (Wildman–Crippen MR) is 112 cm³/mol. The van der Waals surface area contributed by atoms with E-state index in [2.05, 4.69) is 5.32 Å². The molecule has 2 rings (SSSR count). The molecule has 0 spiro atoms. The van der Waals surface area contributed by atoms with Crippen molar-refractivity contribution in [3.8, 4) is 5.75 Å². The SMILES string of the molecule is CCCNC(=O)[C@@H](C)N(Cc1c(Cl)cccc1Cl)C(=O)COc1ccccc1F. The van der Waals surface area contributed by atoms with E-state index in [4.69, 9.17) is 27.9 Å². The maximum absolute atomic E-state index is 13.8. The van der Waals surface area contributed by atoms with Crippen LogP contribution in [0.4, 0.5) is 4.39 Å². The van der Waals surface area contributed by atoms with Crippen LogP contribution in [0.15, 0.2) is 42.5 Å². The van der Waals surface area contributed by atoms with E-state index < -0.39 is 24.4 Å². The Morgan fingerprint density at radius 3 is 2.41 bits per heavy atom. The fourth-order valence-electron chi connectivity index (χ4n) is 2.62. The number of hydrogen-bond donors (Lipinski definition) is 1. The summed E-state index contributed by atoms with van der Waals surface area (Å²) in [6.45, 7) is 3.60. The zero-order chi connectivity index (χ0) is 21.4. The van der Waals surface area contributed by atoms with Crippen molar-refractivity contribution in [1.29, 1.82) is 0 Å². The third-order valence-corrected chi connectivity index (χ3v) is 5.00. The molecule has 0 saturated carbocycles. The topological polar surface area (TPSA) is 58.6 Å². The molecule has 156 valence electrons. The Balaban J connectivity index is 2.22. The molecule has 0 aliphatic heterocycles. The Kier molecular flexibility index (Phi) is 8.73. The van der Waals surface area contributed by atoms with Crippen molar-refractivity contribution in [3.05, 3.63) is 63.9 Å². The summed E-state index contributed by atoms with van der Waals surface area (Å²) in [4.78, 5) is 26.7. The quantitative estimate of drug-likeness (QED) is 0.626. The molecule has 1 atom stereocenters. The summed E-state index contributed by atoms with van der Waals surface area (Å²) in [6.07, 6.45) is 0.763. The molecule has 2 amide bonds. The Bertz CT molecular complexity index is 843. The van der Waals surface area contributed by atoms with Gasteiger partial charge in [-0.3, -0.25) is 9.59 Å². The number of amides is 2. The molecule has 29 heavy (non-hydrogen) atoms. The van der Waals surface area contributed by atoms with Gasteiger partial charge in [-0.25, -0.2) is 4.39 Å². The number of nitrogens with one attached hydrogen (secondary N) is 1. The lowest BCUT2D eigenvalue weighted by molar-refractivity contribution is -0.142. The van der Waals surface area contributed by atoms with Crippen molar-refractivity contribution in [2.24, 2.45) is 0 Å². The van der Waals surface area contributed by atoms with Crippen molar-refractivity contribution >= 4 is 35.0 Å². The first-order chi connectivity index (χ1) is 13.8. The molecular weight excluding hydrogens is 418 g/mol. The van der Waals surface area contributed by atoms with Crippen LogP contribution in [0.25, 0.3) is 0 Å². The minimum absolute atomic E-state index is 0.0126. The van der Waals surface area contributed by atoms with E-state index in [0.29, 0.717) is 22.2 Å². The highest BCUT2D eigenvalue weighted by Crippen LogP contribution is 2.26. The summed E-state index contributed by atoms with van der Waals surface area (Å²) in [5, 5.41) is 3.53. The minimum atomic E-state index is -0.800. The molecule has 0 aliphatic carbocycles. The number of carbonyl (C=O) groups excluding carboxylic acids is 2. The molecule has 0 bridgehead atoms. The van der Waals surface area contributed by atoms with Crippen LogP contribution < -0.4 is 10.1 Å². The van der Waals surface area contributed by atoms with Crippen LogP contribution in [0, 0.1) is 5.82 Å². The Hall–Kier alpha value is -2.31. The van der Waals surface area contributed by atoms with Gasteiger partial charge < -0.3 is 15.0 Å². The number of benzene rings is 2. The summed E-state index contributed by atoms with van der Waals surface area (Å²) < 4.78 is 19.1. The minimum Gasteiger partial charge on any atom is -0.481 e. The van der Waals surface area contributed by atoms with E-state index in [1.54, 1.807) is 31.2 Å². The molecule has 0 aliphatic rings. The maximum atomic E-state index is 13.8. The first-order valence-corrected chi connectivity index (χ1v) is 9.98. The molecule has 0 radical (unpaired) electrons. The van der Waals surface area contributed by atoms with Crippen LogP contribution in [0.3, 0.4) is 0 Å². The molecule has 0 unspecified atom stereocenters. The van der Waals surface area contributed by atoms with E-state index >= 15 is 0 Å². The fourth-order valence-corrected chi connectivity index (χ4v) is 3.13. The van der Waals surface area contributed by atoms with Crippen LogP contribution in [0.1, 0.15) is 25.8 Å². The van der Waals surface area contributed by atoms with Gasteiger partial charge >= 0.3 is 0 Å². The van der Waals surface area contributed by atoms with Gasteiger partial charge in [-0.2, -0.15) is 0 Å². The second-order valence-electron chi connectivity index (χ2n) is 6.41. The second kappa shape index (κ2) is 11.0. The molecule has 8 heteroatoms. The standard InChI is InChI=1S/C21H23Cl2FN2O3/c1-3-11-25-21(28)14(2)26(12-15-16(22)7-6-8-17(15)23)20(27)13-29-19-10-5-4-9-18(19)24/h4-10,14H,3,11-13H2,1-2H3,(H,25,28)/t14-/m1/s1. The molecule has 2 aromatic carbocycles. The summed E-state index contributed by atoms with van der Waals surface area (Å²) in [5.74, 6) is -1.42. The van der Waals surface area contributed by atoms with Crippen molar-refractivity contribution in [2.75, 3.05) is 13.2 Å². The lowest BCUT2D eigenvalue weighted by atomic mass is 10.1. The van der Waals surface area contributed by atoms with Crippen LogP contribution >= 0.6 is 23.2 Å². The zero-order valence-corrected chi connectivity index (χ0v) is 17.8. The van der Waals surface area contributed by atoms with E-state index in [9.17, 15) is 14.0 Å². The molecule has 0 heterocycles. The van der Waals surface area contributed by atoms with Crippen LogP contribution in [-0.4, -0.2) is 35.9 Å². The monoisotopic (exact) mass is 440 g/mol.